The van der Waals surface area contributed by atoms with Crippen LogP contribution in [0.15, 0.2) is 29.2 Å². The Hall–Kier alpha value is -1.61. The number of nitrogens with one attached hydrogen (secondary N) is 1. The molecule has 0 aromatic heterocycles. The molecule has 0 aliphatic heterocycles. The Morgan fingerprint density at radius 2 is 1.81 bits per heavy atom. The Labute approximate surface area is 181 Å². The highest BCUT2D eigenvalue weighted by Gasteiger charge is 2.43. The first-order valence-corrected chi connectivity index (χ1v) is 12.3. The van der Waals surface area contributed by atoms with Gasteiger partial charge in [0.1, 0.15) is 0 Å². The number of benzene rings is 1. The quantitative estimate of drug-likeness (QED) is 0.670. The Morgan fingerprint density at radius 1 is 1.16 bits per heavy atom. The van der Waals surface area contributed by atoms with E-state index in [1.54, 1.807) is 13.8 Å². The van der Waals surface area contributed by atoms with Crippen molar-refractivity contribution in [2.75, 3.05) is 0 Å². The van der Waals surface area contributed by atoms with Crippen LogP contribution in [0.3, 0.4) is 0 Å². The van der Waals surface area contributed by atoms with Crippen molar-refractivity contribution < 1.29 is 26.4 Å². The molecule has 5 nitrogen and oxygen atoms in total. The smallest absolute Gasteiger partial charge is 0.353 e. The lowest BCUT2D eigenvalue weighted by Gasteiger charge is -2.41. The highest BCUT2D eigenvalue weighted by atomic mass is 32.2. The minimum Gasteiger partial charge on any atom is -0.353 e. The molecule has 0 bridgehead atoms. The normalized spacial score (nSPS) is 27.4. The number of hydrogen-bond donors (Lipinski definition) is 2. The summed E-state index contributed by atoms with van der Waals surface area (Å²) in [4.78, 5) is 12.2. The average molecular weight is 461 g/mol. The summed E-state index contributed by atoms with van der Waals surface area (Å²) in [5, 5.41) is 3.03. The van der Waals surface area contributed by atoms with Crippen molar-refractivity contribution in [3.8, 4) is 0 Å². The van der Waals surface area contributed by atoms with Gasteiger partial charge in [-0.3, -0.25) is 4.79 Å². The van der Waals surface area contributed by atoms with Crippen LogP contribution >= 0.6 is 0 Å². The third-order valence-electron chi connectivity index (χ3n) is 6.72. The Morgan fingerprint density at radius 3 is 2.42 bits per heavy atom. The van der Waals surface area contributed by atoms with Gasteiger partial charge < -0.3 is 11.1 Å². The minimum absolute atomic E-state index is 0.00121. The molecule has 2 atom stereocenters. The van der Waals surface area contributed by atoms with Crippen molar-refractivity contribution in [3.63, 3.8) is 0 Å². The second kappa shape index (κ2) is 8.73. The number of alkyl halides is 3. The van der Waals surface area contributed by atoms with E-state index < -0.39 is 26.3 Å². The second-order valence-electron chi connectivity index (χ2n) is 9.59. The molecule has 31 heavy (non-hydrogen) atoms. The Kier molecular flexibility index (Phi) is 6.77. The largest absolute Gasteiger partial charge is 0.416 e. The number of amides is 1. The van der Waals surface area contributed by atoms with Gasteiger partial charge in [0.25, 0.3) is 0 Å². The fourth-order valence-electron chi connectivity index (χ4n) is 4.78. The molecule has 2 fully saturated rings. The van der Waals surface area contributed by atoms with Crippen LogP contribution in [0.5, 0.6) is 0 Å². The van der Waals surface area contributed by atoms with Crippen LogP contribution in [-0.2, 0) is 20.8 Å². The van der Waals surface area contributed by atoms with Gasteiger partial charge in [-0.2, -0.15) is 13.2 Å². The number of hydrogen-bond acceptors (Lipinski definition) is 4. The van der Waals surface area contributed by atoms with Crippen LogP contribution in [0.1, 0.15) is 64.4 Å². The fraction of sp³-hybridized carbons (Fsp3) is 0.682. The van der Waals surface area contributed by atoms with Crippen molar-refractivity contribution >= 4 is 15.7 Å². The first-order chi connectivity index (χ1) is 14.3. The molecule has 2 saturated carbocycles. The van der Waals surface area contributed by atoms with Crippen molar-refractivity contribution in [1.82, 2.24) is 5.32 Å². The van der Waals surface area contributed by atoms with Crippen molar-refractivity contribution in [1.29, 1.82) is 0 Å². The van der Waals surface area contributed by atoms with Crippen LogP contribution in [0.2, 0.25) is 0 Å². The molecule has 0 radical (unpaired) electrons. The maximum Gasteiger partial charge on any atom is 0.416 e. The Balaban J connectivity index is 1.58. The summed E-state index contributed by atoms with van der Waals surface area (Å²) in [6, 6.07) is 3.79. The standard InChI is InChI=1S/C22H31F3N2O3S/c1-21(2,31(29,30)17-7-5-6-15(12-17)22(23,24)25)13-14-10-16(11-14)27-20(28)18-8-3-4-9-19(18)26/h5-7,12,14,16,18-19H,3-4,8-11,13,26H2,1-2H3,(H,27,28)/t14-,16-,18-,19+/m1/s1. The molecule has 1 amide bonds. The highest BCUT2D eigenvalue weighted by Crippen LogP contribution is 2.40. The van der Waals surface area contributed by atoms with Crippen molar-refractivity contribution in [3.05, 3.63) is 29.8 Å². The summed E-state index contributed by atoms with van der Waals surface area (Å²) in [5.74, 6) is -0.0991. The predicted molar refractivity (Wildman–Crippen MR) is 112 cm³/mol. The summed E-state index contributed by atoms with van der Waals surface area (Å²) in [5.41, 5.74) is 5.09. The van der Waals surface area contributed by atoms with E-state index in [1.165, 1.54) is 6.07 Å². The van der Waals surface area contributed by atoms with E-state index in [2.05, 4.69) is 5.32 Å². The highest BCUT2D eigenvalue weighted by molar-refractivity contribution is 7.92. The molecule has 0 unspecified atom stereocenters. The molecule has 0 saturated heterocycles. The van der Waals surface area contributed by atoms with Gasteiger partial charge >= 0.3 is 6.18 Å². The van der Waals surface area contributed by atoms with Gasteiger partial charge in [-0.15, -0.1) is 0 Å². The monoisotopic (exact) mass is 460 g/mol. The van der Waals surface area contributed by atoms with E-state index in [4.69, 9.17) is 5.73 Å². The molecule has 0 heterocycles. The Bertz CT molecular complexity index is 909. The molecule has 174 valence electrons. The second-order valence-corrected chi connectivity index (χ2v) is 12.2. The van der Waals surface area contributed by atoms with Crippen molar-refractivity contribution in [2.45, 2.75) is 86.7 Å². The molecule has 0 spiro atoms. The molecule has 1 aromatic carbocycles. The summed E-state index contributed by atoms with van der Waals surface area (Å²) in [7, 11) is -3.96. The fourth-order valence-corrected chi connectivity index (χ4v) is 6.41. The average Bonchev–Trinajstić information content (AvgIpc) is 2.65. The molecule has 1 aromatic rings. The van der Waals surface area contributed by atoms with Crippen LogP contribution in [0.4, 0.5) is 13.2 Å². The number of nitrogens with two attached hydrogens (primary N) is 1. The van der Waals surface area contributed by atoms with E-state index >= 15 is 0 Å². The topological polar surface area (TPSA) is 89.3 Å². The van der Waals surface area contributed by atoms with E-state index in [9.17, 15) is 26.4 Å². The van der Waals surface area contributed by atoms with Crippen LogP contribution < -0.4 is 11.1 Å². The number of sulfone groups is 1. The number of carbonyl (C=O) groups is 1. The predicted octanol–water partition coefficient (Wildman–Crippen LogP) is 4.06. The molecule has 2 aliphatic carbocycles. The van der Waals surface area contributed by atoms with Gasteiger partial charge in [0, 0.05) is 12.1 Å². The first kappa shape index (κ1) is 24.0. The molecule has 2 aliphatic rings. The number of rotatable bonds is 6. The SMILES string of the molecule is CC(C)(C[C@H]1C[C@H](NC(=O)[C@@H]2CCCC[C@@H]2N)C1)S(=O)(=O)c1cccc(C(F)(F)F)c1. The molecule has 3 rings (SSSR count). The lowest BCUT2D eigenvalue weighted by Crippen LogP contribution is -2.51. The third-order valence-corrected chi connectivity index (χ3v) is 9.21. The first-order valence-electron chi connectivity index (χ1n) is 10.8. The molecule has 3 N–H and O–H groups in total. The lowest BCUT2D eigenvalue weighted by atomic mass is 9.75. The third kappa shape index (κ3) is 5.25. The summed E-state index contributed by atoms with van der Waals surface area (Å²) in [6.07, 6.45) is 0.742. The van der Waals surface area contributed by atoms with Gasteiger partial charge in [-0.05, 0) is 70.1 Å². The molecule has 9 heteroatoms. The number of carbonyl (C=O) groups excluding carboxylic acids is 1. The van der Waals surface area contributed by atoms with Gasteiger partial charge in [-0.25, -0.2) is 8.42 Å². The number of halogens is 3. The zero-order valence-electron chi connectivity index (χ0n) is 17.9. The van der Waals surface area contributed by atoms with E-state index in [0.717, 1.165) is 37.8 Å². The van der Waals surface area contributed by atoms with Crippen molar-refractivity contribution in [2.24, 2.45) is 17.6 Å². The van der Waals surface area contributed by atoms with Crippen LogP contribution in [-0.4, -0.2) is 31.2 Å². The maximum atomic E-state index is 13.1. The summed E-state index contributed by atoms with van der Waals surface area (Å²) >= 11 is 0. The van der Waals surface area contributed by atoms with Gasteiger partial charge in [0.2, 0.25) is 5.91 Å². The maximum absolute atomic E-state index is 13.1. The summed E-state index contributed by atoms with van der Waals surface area (Å²) in [6.45, 7) is 3.10. The lowest BCUT2D eigenvalue weighted by molar-refractivity contribution is -0.137. The van der Waals surface area contributed by atoms with Crippen LogP contribution in [0, 0.1) is 11.8 Å². The molecular weight excluding hydrogens is 429 g/mol. The minimum atomic E-state index is -4.60. The van der Waals surface area contributed by atoms with Crippen LogP contribution in [0.25, 0.3) is 0 Å². The molecular formula is C22H31F3N2O3S. The zero-order valence-corrected chi connectivity index (χ0v) is 18.7. The van der Waals surface area contributed by atoms with Gasteiger partial charge in [-0.1, -0.05) is 18.9 Å². The van der Waals surface area contributed by atoms with Gasteiger partial charge in [0.15, 0.2) is 9.84 Å². The van der Waals surface area contributed by atoms with E-state index in [0.29, 0.717) is 25.3 Å². The zero-order chi connectivity index (χ0) is 23.0. The van der Waals surface area contributed by atoms with Gasteiger partial charge in [0.05, 0.1) is 21.1 Å². The summed E-state index contributed by atoms with van der Waals surface area (Å²) < 4.78 is 63.9. The van der Waals surface area contributed by atoms with E-state index in [1.807, 2.05) is 0 Å². The van der Waals surface area contributed by atoms with E-state index in [-0.39, 0.29) is 34.7 Å².